The summed E-state index contributed by atoms with van der Waals surface area (Å²) < 4.78 is 14.7. The fraction of sp³-hybridized carbons (Fsp3) is 0.250. The molecule has 1 aliphatic rings. The van der Waals surface area contributed by atoms with E-state index in [9.17, 15) is 9.50 Å². The van der Waals surface area contributed by atoms with Gasteiger partial charge in [-0.25, -0.2) is 4.39 Å². The van der Waals surface area contributed by atoms with Gasteiger partial charge in [0, 0.05) is 10.9 Å². The zero-order chi connectivity index (χ0) is 13.5. The molecule has 19 heavy (non-hydrogen) atoms. The van der Waals surface area contributed by atoms with E-state index in [1.165, 1.54) is 6.07 Å². The first kappa shape index (κ1) is 12.8. The van der Waals surface area contributed by atoms with Gasteiger partial charge in [0.1, 0.15) is 5.82 Å². The number of rotatable bonds is 2. The Balaban J connectivity index is 1.97. The number of hydrogen-bond acceptors (Lipinski definition) is 1. The van der Waals surface area contributed by atoms with Crippen molar-refractivity contribution in [3.8, 4) is 0 Å². The largest absolute Gasteiger partial charge is 0.385 e. The Bertz CT molecular complexity index is 626. The highest BCUT2D eigenvalue weighted by atomic mass is 79.9. The molecule has 0 amide bonds. The van der Waals surface area contributed by atoms with E-state index in [0.717, 1.165) is 15.6 Å². The molecule has 0 saturated carbocycles. The quantitative estimate of drug-likeness (QED) is 0.887. The van der Waals surface area contributed by atoms with Gasteiger partial charge in [-0.15, -0.1) is 0 Å². The van der Waals surface area contributed by atoms with E-state index in [2.05, 4.69) is 15.9 Å². The molecule has 1 unspecified atom stereocenters. The molecule has 2 aromatic carbocycles. The molecule has 1 aliphatic carbocycles. The van der Waals surface area contributed by atoms with Gasteiger partial charge in [-0.05, 0) is 47.7 Å². The van der Waals surface area contributed by atoms with E-state index in [4.69, 9.17) is 0 Å². The first-order chi connectivity index (χ1) is 9.08. The van der Waals surface area contributed by atoms with E-state index < -0.39 is 5.60 Å². The molecule has 1 atom stereocenters. The number of benzene rings is 2. The van der Waals surface area contributed by atoms with Crippen molar-refractivity contribution in [1.82, 2.24) is 0 Å². The molecule has 2 aromatic rings. The molecule has 0 heterocycles. The minimum absolute atomic E-state index is 0.206. The van der Waals surface area contributed by atoms with Crippen LogP contribution in [-0.2, 0) is 18.4 Å². The van der Waals surface area contributed by atoms with Crippen LogP contribution < -0.4 is 0 Å². The summed E-state index contributed by atoms with van der Waals surface area (Å²) >= 11 is 3.43. The van der Waals surface area contributed by atoms with Crippen molar-refractivity contribution in [2.45, 2.75) is 24.9 Å². The zero-order valence-corrected chi connectivity index (χ0v) is 12.0. The number of halogens is 2. The molecular weight excluding hydrogens is 307 g/mol. The molecule has 0 aromatic heterocycles. The lowest BCUT2D eigenvalue weighted by Crippen LogP contribution is -2.25. The van der Waals surface area contributed by atoms with E-state index in [1.54, 1.807) is 6.07 Å². The lowest BCUT2D eigenvalue weighted by atomic mass is 9.89. The maximum Gasteiger partial charge on any atom is 0.126 e. The highest BCUT2D eigenvalue weighted by Gasteiger charge is 2.37. The van der Waals surface area contributed by atoms with Gasteiger partial charge in [-0.2, -0.15) is 0 Å². The Morgan fingerprint density at radius 1 is 1.21 bits per heavy atom. The molecule has 3 rings (SSSR count). The minimum Gasteiger partial charge on any atom is -0.385 e. The Morgan fingerprint density at radius 2 is 2.00 bits per heavy atom. The van der Waals surface area contributed by atoms with Crippen molar-refractivity contribution in [3.63, 3.8) is 0 Å². The normalized spacial score (nSPS) is 21.4. The van der Waals surface area contributed by atoms with E-state index >= 15 is 0 Å². The summed E-state index contributed by atoms with van der Waals surface area (Å²) in [5.41, 5.74) is 1.51. The van der Waals surface area contributed by atoms with Crippen LogP contribution in [-0.4, -0.2) is 5.11 Å². The molecule has 0 fully saturated rings. The van der Waals surface area contributed by atoms with E-state index in [-0.39, 0.29) is 5.82 Å². The van der Waals surface area contributed by atoms with Gasteiger partial charge in [-0.3, -0.25) is 0 Å². The van der Waals surface area contributed by atoms with Crippen LogP contribution >= 0.6 is 15.9 Å². The second-order valence-corrected chi connectivity index (χ2v) is 6.02. The van der Waals surface area contributed by atoms with Crippen LogP contribution in [0.1, 0.15) is 23.1 Å². The average molecular weight is 321 g/mol. The maximum atomic E-state index is 13.7. The smallest absolute Gasteiger partial charge is 0.126 e. The summed E-state index contributed by atoms with van der Waals surface area (Å²) in [7, 11) is 0. The summed E-state index contributed by atoms with van der Waals surface area (Å²) in [5.74, 6) is -0.206. The predicted molar refractivity (Wildman–Crippen MR) is 76.5 cm³/mol. The van der Waals surface area contributed by atoms with Crippen molar-refractivity contribution in [2.24, 2.45) is 0 Å². The standard InChI is InChI=1S/C16H14BrFO/c17-12-4-1-3-11(9-12)10-16(19)8-7-13-14(16)5-2-6-15(13)18/h1-6,9,19H,7-8,10H2. The molecule has 0 radical (unpaired) electrons. The highest BCUT2D eigenvalue weighted by Crippen LogP contribution is 2.40. The number of fused-ring (bicyclic) bond motifs is 1. The molecule has 0 aliphatic heterocycles. The van der Waals surface area contributed by atoms with E-state index in [0.29, 0.717) is 24.8 Å². The first-order valence-corrected chi connectivity index (χ1v) is 7.12. The van der Waals surface area contributed by atoms with Gasteiger partial charge < -0.3 is 5.11 Å². The van der Waals surface area contributed by atoms with Gasteiger partial charge in [0.15, 0.2) is 0 Å². The van der Waals surface area contributed by atoms with Crippen LogP contribution in [0.4, 0.5) is 4.39 Å². The molecule has 0 bridgehead atoms. The lowest BCUT2D eigenvalue weighted by Gasteiger charge is -2.24. The summed E-state index contributed by atoms with van der Waals surface area (Å²) in [6, 6.07) is 12.9. The SMILES string of the molecule is OC1(Cc2cccc(Br)c2)CCc2c(F)cccc21. The Kier molecular flexibility index (Phi) is 3.19. The predicted octanol–water partition coefficient (Wildman–Crippen LogP) is 3.96. The van der Waals surface area contributed by atoms with Crippen LogP contribution in [0.5, 0.6) is 0 Å². The maximum absolute atomic E-state index is 13.7. The molecule has 0 saturated heterocycles. The second-order valence-electron chi connectivity index (χ2n) is 5.10. The summed E-state index contributed by atoms with van der Waals surface area (Å²) in [5, 5.41) is 10.8. The molecule has 98 valence electrons. The van der Waals surface area contributed by atoms with Crippen LogP contribution in [0.3, 0.4) is 0 Å². The number of aliphatic hydroxyl groups is 1. The van der Waals surface area contributed by atoms with Crippen LogP contribution in [0, 0.1) is 5.82 Å². The van der Waals surface area contributed by atoms with Gasteiger partial charge in [0.25, 0.3) is 0 Å². The molecule has 3 heteroatoms. The Labute approximate surface area is 120 Å². The zero-order valence-electron chi connectivity index (χ0n) is 10.4. The average Bonchev–Trinajstić information content (AvgIpc) is 2.69. The molecular formula is C16H14BrFO. The number of hydrogen-bond donors (Lipinski definition) is 1. The lowest BCUT2D eigenvalue weighted by molar-refractivity contribution is 0.0389. The second kappa shape index (κ2) is 4.73. The monoisotopic (exact) mass is 320 g/mol. The highest BCUT2D eigenvalue weighted by molar-refractivity contribution is 9.10. The topological polar surface area (TPSA) is 20.2 Å². The third-order valence-electron chi connectivity index (χ3n) is 3.79. The summed E-state index contributed by atoms with van der Waals surface area (Å²) in [4.78, 5) is 0. The fourth-order valence-corrected chi connectivity index (χ4v) is 3.33. The van der Waals surface area contributed by atoms with Crippen molar-refractivity contribution < 1.29 is 9.50 Å². The molecule has 0 spiro atoms. The third-order valence-corrected chi connectivity index (χ3v) is 4.29. The summed E-state index contributed by atoms with van der Waals surface area (Å²) in [6.07, 6.45) is 1.70. The minimum atomic E-state index is -0.946. The van der Waals surface area contributed by atoms with Crippen LogP contribution in [0.15, 0.2) is 46.9 Å². The van der Waals surface area contributed by atoms with E-state index in [1.807, 2.05) is 30.3 Å². The first-order valence-electron chi connectivity index (χ1n) is 6.33. The van der Waals surface area contributed by atoms with Gasteiger partial charge in [0.2, 0.25) is 0 Å². The summed E-state index contributed by atoms with van der Waals surface area (Å²) in [6.45, 7) is 0. The van der Waals surface area contributed by atoms with Crippen LogP contribution in [0.2, 0.25) is 0 Å². The van der Waals surface area contributed by atoms with Crippen molar-refractivity contribution >= 4 is 15.9 Å². The van der Waals surface area contributed by atoms with Gasteiger partial charge >= 0.3 is 0 Å². The third kappa shape index (κ3) is 2.33. The van der Waals surface area contributed by atoms with Gasteiger partial charge in [0.05, 0.1) is 5.60 Å². The van der Waals surface area contributed by atoms with Crippen molar-refractivity contribution in [2.75, 3.05) is 0 Å². The Hall–Kier alpha value is -1.19. The Morgan fingerprint density at radius 3 is 2.79 bits per heavy atom. The fourth-order valence-electron chi connectivity index (χ4n) is 2.88. The molecule has 1 nitrogen and oxygen atoms in total. The van der Waals surface area contributed by atoms with Gasteiger partial charge in [-0.1, -0.05) is 40.2 Å². The van der Waals surface area contributed by atoms with Crippen molar-refractivity contribution in [3.05, 3.63) is 69.4 Å². The van der Waals surface area contributed by atoms with Crippen molar-refractivity contribution in [1.29, 1.82) is 0 Å². The molecule has 1 N–H and O–H groups in total. The van der Waals surface area contributed by atoms with Crippen LogP contribution in [0.25, 0.3) is 0 Å².